The van der Waals surface area contributed by atoms with Crippen molar-refractivity contribution >= 4 is 40.7 Å². The van der Waals surface area contributed by atoms with Crippen molar-refractivity contribution in [1.82, 2.24) is 4.90 Å². The van der Waals surface area contributed by atoms with Gasteiger partial charge in [0.15, 0.2) is 6.61 Å². The molecule has 1 aliphatic heterocycles. The Hall–Kier alpha value is -3.06. The van der Waals surface area contributed by atoms with E-state index in [1.165, 1.54) is 16.8 Å². The van der Waals surface area contributed by atoms with Crippen molar-refractivity contribution in [3.8, 4) is 5.75 Å². The second-order valence-corrected chi connectivity index (χ2v) is 7.36. The zero-order chi connectivity index (χ0) is 21.1. The molecule has 1 heterocycles. The Balaban J connectivity index is 1.65. The number of amides is 3. The number of hydrogen-bond acceptors (Lipinski definition) is 4. The minimum absolute atomic E-state index is 0.132. The Kier molecular flexibility index (Phi) is 6.08. The lowest BCUT2D eigenvalue weighted by atomic mass is 10.1. The van der Waals surface area contributed by atoms with Gasteiger partial charge in [0.1, 0.15) is 12.3 Å². The number of carbonyl (C=O) groups is 3. The van der Waals surface area contributed by atoms with Crippen molar-refractivity contribution < 1.29 is 19.1 Å². The van der Waals surface area contributed by atoms with E-state index in [1.807, 2.05) is 32.0 Å². The zero-order valence-corrected chi connectivity index (χ0v) is 17.2. The normalized spacial score (nSPS) is 12.8. The van der Waals surface area contributed by atoms with Crippen molar-refractivity contribution in [3.63, 3.8) is 0 Å². The second kappa shape index (κ2) is 8.53. The summed E-state index contributed by atoms with van der Waals surface area (Å²) in [6, 6.07) is 10.5. The van der Waals surface area contributed by atoms with E-state index < -0.39 is 0 Å². The quantitative estimate of drug-likeness (QED) is 0.814. The van der Waals surface area contributed by atoms with Gasteiger partial charge in [-0.2, -0.15) is 0 Å². The molecule has 0 unspecified atom stereocenters. The average Bonchev–Trinajstić information content (AvgIpc) is 2.67. The first-order chi connectivity index (χ1) is 13.8. The number of rotatable bonds is 5. The standard InChI is InChI=1S/C21H22ClN3O4/c1-13-5-4-6-16(14(13)2)23-19(26)10-24(3)20(27)11-25-17-9-15(22)7-8-18(17)29-12-21(25)28/h4-9H,10-12H2,1-3H3,(H,23,26). The van der Waals surface area contributed by atoms with Crippen LogP contribution in [0.3, 0.4) is 0 Å². The molecule has 29 heavy (non-hydrogen) atoms. The Morgan fingerprint density at radius 2 is 2.00 bits per heavy atom. The van der Waals surface area contributed by atoms with E-state index in [0.29, 0.717) is 22.1 Å². The summed E-state index contributed by atoms with van der Waals surface area (Å²) in [5.74, 6) is -0.549. The molecule has 0 saturated heterocycles. The van der Waals surface area contributed by atoms with Crippen LogP contribution in [0.5, 0.6) is 5.75 Å². The highest BCUT2D eigenvalue weighted by Gasteiger charge is 2.29. The van der Waals surface area contributed by atoms with Gasteiger partial charge in [0.05, 0.1) is 12.2 Å². The highest BCUT2D eigenvalue weighted by molar-refractivity contribution is 6.31. The maximum Gasteiger partial charge on any atom is 0.265 e. The number of benzene rings is 2. The number of nitrogens with one attached hydrogen (secondary N) is 1. The number of hydrogen-bond donors (Lipinski definition) is 1. The number of carbonyl (C=O) groups excluding carboxylic acids is 3. The first kappa shape index (κ1) is 20.7. The number of fused-ring (bicyclic) bond motifs is 1. The van der Waals surface area contributed by atoms with Crippen LogP contribution < -0.4 is 15.0 Å². The van der Waals surface area contributed by atoms with Crippen molar-refractivity contribution in [2.24, 2.45) is 0 Å². The molecule has 0 fully saturated rings. The van der Waals surface area contributed by atoms with Gasteiger partial charge in [0.2, 0.25) is 11.8 Å². The monoisotopic (exact) mass is 415 g/mol. The fourth-order valence-corrected chi connectivity index (χ4v) is 3.15. The van der Waals surface area contributed by atoms with Gasteiger partial charge < -0.3 is 15.0 Å². The predicted octanol–water partition coefficient (Wildman–Crippen LogP) is 2.78. The molecule has 1 aliphatic rings. The maximum absolute atomic E-state index is 12.6. The molecule has 0 spiro atoms. The minimum Gasteiger partial charge on any atom is -0.482 e. The zero-order valence-electron chi connectivity index (χ0n) is 16.5. The van der Waals surface area contributed by atoms with E-state index in [-0.39, 0.29) is 37.4 Å². The Morgan fingerprint density at radius 3 is 2.76 bits per heavy atom. The summed E-state index contributed by atoms with van der Waals surface area (Å²) in [6.45, 7) is 3.39. The fourth-order valence-electron chi connectivity index (χ4n) is 2.98. The molecule has 0 saturated carbocycles. The fraction of sp³-hybridized carbons (Fsp3) is 0.286. The molecule has 152 valence electrons. The van der Waals surface area contributed by atoms with Gasteiger partial charge in [-0.3, -0.25) is 19.3 Å². The van der Waals surface area contributed by atoms with Crippen LogP contribution in [-0.4, -0.2) is 49.4 Å². The number of likely N-dealkylation sites (N-methyl/N-ethyl adjacent to an activating group) is 1. The van der Waals surface area contributed by atoms with Crippen molar-refractivity contribution in [1.29, 1.82) is 0 Å². The van der Waals surface area contributed by atoms with Gasteiger partial charge in [-0.05, 0) is 49.2 Å². The van der Waals surface area contributed by atoms with E-state index in [1.54, 1.807) is 18.2 Å². The predicted molar refractivity (Wildman–Crippen MR) is 111 cm³/mol. The lowest BCUT2D eigenvalue weighted by Crippen LogP contribution is -2.47. The molecule has 1 N–H and O–H groups in total. The molecule has 0 aliphatic carbocycles. The van der Waals surface area contributed by atoms with Crippen LogP contribution in [0.1, 0.15) is 11.1 Å². The number of anilines is 2. The molecule has 2 aromatic rings. The van der Waals surface area contributed by atoms with Gasteiger partial charge >= 0.3 is 0 Å². The Labute approximate surface area is 174 Å². The third kappa shape index (κ3) is 4.68. The SMILES string of the molecule is Cc1cccc(NC(=O)CN(C)C(=O)CN2C(=O)COc3ccc(Cl)cc32)c1C. The average molecular weight is 416 g/mol. The lowest BCUT2D eigenvalue weighted by Gasteiger charge is -2.30. The summed E-state index contributed by atoms with van der Waals surface area (Å²) in [5.41, 5.74) is 3.19. The van der Waals surface area contributed by atoms with E-state index in [9.17, 15) is 14.4 Å². The molecule has 0 radical (unpaired) electrons. The van der Waals surface area contributed by atoms with E-state index in [2.05, 4.69) is 5.32 Å². The summed E-state index contributed by atoms with van der Waals surface area (Å²) in [5, 5.41) is 3.25. The largest absolute Gasteiger partial charge is 0.482 e. The smallest absolute Gasteiger partial charge is 0.265 e. The third-order valence-corrected chi connectivity index (χ3v) is 5.08. The summed E-state index contributed by atoms with van der Waals surface area (Å²) < 4.78 is 5.38. The van der Waals surface area contributed by atoms with Crippen LogP contribution >= 0.6 is 11.6 Å². The number of ether oxygens (including phenoxy) is 1. The number of aryl methyl sites for hydroxylation is 1. The first-order valence-corrected chi connectivity index (χ1v) is 9.47. The highest BCUT2D eigenvalue weighted by Crippen LogP contribution is 2.34. The Bertz CT molecular complexity index is 976. The third-order valence-electron chi connectivity index (χ3n) is 4.84. The van der Waals surface area contributed by atoms with Crippen LogP contribution in [0.15, 0.2) is 36.4 Å². The van der Waals surface area contributed by atoms with E-state index >= 15 is 0 Å². The number of halogens is 1. The van der Waals surface area contributed by atoms with Crippen LogP contribution in [0.4, 0.5) is 11.4 Å². The molecule has 8 heteroatoms. The summed E-state index contributed by atoms with van der Waals surface area (Å²) >= 11 is 6.02. The van der Waals surface area contributed by atoms with Gasteiger partial charge in [-0.25, -0.2) is 0 Å². The molecule has 0 aromatic heterocycles. The number of nitrogens with zero attached hydrogens (tertiary/aromatic N) is 2. The molecule has 2 aromatic carbocycles. The topological polar surface area (TPSA) is 79.0 Å². The molecule has 7 nitrogen and oxygen atoms in total. The van der Waals surface area contributed by atoms with Crippen molar-refractivity contribution in [2.45, 2.75) is 13.8 Å². The Morgan fingerprint density at radius 1 is 1.24 bits per heavy atom. The highest BCUT2D eigenvalue weighted by atomic mass is 35.5. The second-order valence-electron chi connectivity index (χ2n) is 6.93. The van der Waals surface area contributed by atoms with Crippen LogP contribution in [0, 0.1) is 13.8 Å². The summed E-state index contributed by atoms with van der Waals surface area (Å²) in [4.78, 5) is 39.9. The van der Waals surface area contributed by atoms with Gasteiger partial charge in [-0.15, -0.1) is 0 Å². The van der Waals surface area contributed by atoms with E-state index in [0.717, 1.165) is 11.1 Å². The molecular formula is C21H22ClN3O4. The molecule has 3 amide bonds. The van der Waals surface area contributed by atoms with Crippen LogP contribution in [0.25, 0.3) is 0 Å². The lowest BCUT2D eigenvalue weighted by molar-refractivity contribution is -0.133. The maximum atomic E-state index is 12.6. The molecule has 3 rings (SSSR count). The van der Waals surface area contributed by atoms with Crippen LogP contribution in [-0.2, 0) is 14.4 Å². The van der Waals surface area contributed by atoms with E-state index in [4.69, 9.17) is 16.3 Å². The van der Waals surface area contributed by atoms with Crippen LogP contribution in [0.2, 0.25) is 5.02 Å². The van der Waals surface area contributed by atoms with Gasteiger partial charge in [-0.1, -0.05) is 23.7 Å². The first-order valence-electron chi connectivity index (χ1n) is 9.09. The molecular weight excluding hydrogens is 394 g/mol. The minimum atomic E-state index is -0.373. The van der Waals surface area contributed by atoms with Crippen molar-refractivity contribution in [3.05, 3.63) is 52.5 Å². The molecule has 0 atom stereocenters. The molecule has 0 bridgehead atoms. The summed E-state index contributed by atoms with van der Waals surface area (Å²) in [6.07, 6.45) is 0. The van der Waals surface area contributed by atoms with Gasteiger partial charge in [0.25, 0.3) is 5.91 Å². The van der Waals surface area contributed by atoms with Gasteiger partial charge in [0, 0.05) is 17.8 Å². The summed E-state index contributed by atoms with van der Waals surface area (Å²) in [7, 11) is 1.52. The van der Waals surface area contributed by atoms with Crippen molar-refractivity contribution in [2.75, 3.05) is 37.0 Å².